The van der Waals surface area contributed by atoms with Crippen molar-refractivity contribution in [3.05, 3.63) is 41.2 Å². The monoisotopic (exact) mass is 584 g/mol. The van der Waals surface area contributed by atoms with Crippen LogP contribution >= 0.6 is 12.2 Å². The SMILES string of the molecule is CCOC(=O)[C@@H]1[C@@H](C(=O)n2nc(C)cc2C)N(C(=O)OC(C)(C)C)C(=S)[C@]12C(=O)N(C(C)=O)c1cc(OC)ccc12. The molecule has 4 rings (SSSR count). The van der Waals surface area contributed by atoms with Crippen LogP contribution in [0.5, 0.6) is 5.75 Å². The van der Waals surface area contributed by atoms with E-state index >= 15 is 0 Å². The Kier molecular flexibility index (Phi) is 7.54. The van der Waals surface area contributed by atoms with Crippen molar-refractivity contribution in [2.24, 2.45) is 5.92 Å². The maximum Gasteiger partial charge on any atom is 0.416 e. The van der Waals surface area contributed by atoms with Crippen molar-refractivity contribution in [2.45, 2.75) is 65.5 Å². The van der Waals surface area contributed by atoms with E-state index in [1.165, 1.54) is 32.2 Å². The Labute approximate surface area is 242 Å². The average molecular weight is 585 g/mol. The van der Waals surface area contributed by atoms with Gasteiger partial charge in [-0.05, 0) is 59.2 Å². The maximum absolute atomic E-state index is 14.4. The third kappa shape index (κ3) is 4.57. The van der Waals surface area contributed by atoms with E-state index in [9.17, 15) is 24.0 Å². The fraction of sp³-hybridized carbons (Fsp3) is 0.464. The van der Waals surface area contributed by atoms with Crippen molar-refractivity contribution in [2.75, 3.05) is 18.6 Å². The predicted molar refractivity (Wildman–Crippen MR) is 150 cm³/mol. The Balaban J connectivity index is 2.08. The first-order valence-electron chi connectivity index (χ1n) is 13.0. The molecule has 0 radical (unpaired) electrons. The number of esters is 1. The number of anilines is 1. The highest BCUT2D eigenvalue weighted by Crippen LogP contribution is 2.55. The Morgan fingerprint density at radius 2 is 1.78 bits per heavy atom. The van der Waals surface area contributed by atoms with Crippen molar-refractivity contribution < 1.29 is 38.2 Å². The number of aromatic nitrogens is 2. The molecule has 41 heavy (non-hydrogen) atoms. The fourth-order valence-corrected chi connectivity index (χ4v) is 6.00. The molecule has 218 valence electrons. The van der Waals surface area contributed by atoms with Crippen molar-refractivity contribution in [1.29, 1.82) is 0 Å². The topological polar surface area (TPSA) is 137 Å². The quantitative estimate of drug-likeness (QED) is 0.389. The summed E-state index contributed by atoms with van der Waals surface area (Å²) < 4.78 is 17.4. The molecule has 13 heteroatoms. The number of benzene rings is 1. The molecule has 0 aliphatic carbocycles. The Hall–Kier alpha value is -4.13. The van der Waals surface area contributed by atoms with E-state index in [0.29, 0.717) is 17.1 Å². The van der Waals surface area contributed by atoms with Crippen LogP contribution in [0.1, 0.15) is 56.4 Å². The smallest absolute Gasteiger partial charge is 0.416 e. The van der Waals surface area contributed by atoms with Gasteiger partial charge in [0.05, 0.1) is 25.1 Å². The lowest BCUT2D eigenvalue weighted by atomic mass is 9.70. The van der Waals surface area contributed by atoms with E-state index in [1.54, 1.807) is 47.6 Å². The largest absolute Gasteiger partial charge is 0.497 e. The Morgan fingerprint density at radius 3 is 2.29 bits per heavy atom. The Morgan fingerprint density at radius 1 is 1.12 bits per heavy atom. The second-order valence-electron chi connectivity index (χ2n) is 10.9. The number of hydrogen-bond donors (Lipinski definition) is 0. The van der Waals surface area contributed by atoms with Crippen molar-refractivity contribution in [1.82, 2.24) is 14.7 Å². The van der Waals surface area contributed by atoms with Gasteiger partial charge < -0.3 is 14.2 Å². The fourth-order valence-electron chi connectivity index (χ4n) is 5.49. The average Bonchev–Trinajstić information content (AvgIpc) is 3.45. The number of ether oxygens (including phenoxy) is 3. The van der Waals surface area contributed by atoms with Gasteiger partial charge in [0, 0.05) is 18.7 Å². The van der Waals surface area contributed by atoms with Gasteiger partial charge in [0.1, 0.15) is 33.7 Å². The second-order valence-corrected chi connectivity index (χ2v) is 11.2. The highest BCUT2D eigenvalue weighted by Gasteiger charge is 2.73. The molecule has 0 bridgehead atoms. The zero-order valence-corrected chi connectivity index (χ0v) is 25.0. The third-order valence-corrected chi connectivity index (χ3v) is 7.46. The van der Waals surface area contributed by atoms with Crippen LogP contribution < -0.4 is 9.64 Å². The molecular formula is C28H32N4O8S. The lowest BCUT2D eigenvalue weighted by Crippen LogP contribution is -2.53. The molecule has 2 aliphatic rings. The van der Waals surface area contributed by atoms with Gasteiger partial charge in [-0.15, -0.1) is 0 Å². The van der Waals surface area contributed by atoms with E-state index < -0.39 is 52.8 Å². The van der Waals surface area contributed by atoms with Crippen LogP contribution in [0.25, 0.3) is 0 Å². The van der Waals surface area contributed by atoms with Gasteiger partial charge >= 0.3 is 12.1 Å². The predicted octanol–water partition coefficient (Wildman–Crippen LogP) is 3.11. The van der Waals surface area contributed by atoms with Gasteiger partial charge in [0.15, 0.2) is 0 Å². The molecule has 3 heterocycles. The van der Waals surface area contributed by atoms with Crippen LogP contribution in [0, 0.1) is 19.8 Å². The maximum atomic E-state index is 14.4. The molecule has 2 aliphatic heterocycles. The summed E-state index contributed by atoms with van der Waals surface area (Å²) in [7, 11) is 1.42. The molecule has 1 aromatic heterocycles. The second kappa shape index (κ2) is 10.4. The van der Waals surface area contributed by atoms with Crippen LogP contribution in [-0.4, -0.2) is 74.8 Å². The molecule has 2 aromatic rings. The van der Waals surface area contributed by atoms with Crippen molar-refractivity contribution in [3.8, 4) is 5.75 Å². The first-order chi connectivity index (χ1) is 19.1. The van der Waals surface area contributed by atoms with Gasteiger partial charge in [0.25, 0.3) is 11.8 Å². The lowest BCUT2D eigenvalue weighted by molar-refractivity contribution is -0.152. The zero-order valence-electron chi connectivity index (χ0n) is 24.1. The standard InChI is InChI=1S/C28H32N4O8S/c1-9-39-23(35)20-21(22(34)32-15(3)12-14(2)29-32)31(26(37)40-27(5,6)7)25(41)28(20)18-11-10-17(38-8)13-19(18)30(16(4)33)24(28)36/h10-13,20-21H,9H2,1-8H3/t20-,21-,28-/m0/s1. The number of amides is 3. The molecule has 0 N–H and O–H groups in total. The van der Waals surface area contributed by atoms with Crippen LogP contribution in [0.3, 0.4) is 0 Å². The van der Waals surface area contributed by atoms with Gasteiger partial charge in [-0.1, -0.05) is 18.3 Å². The number of aryl methyl sites for hydroxylation is 2. The van der Waals surface area contributed by atoms with E-state index in [0.717, 1.165) is 14.5 Å². The molecule has 0 saturated carbocycles. The molecule has 1 aromatic carbocycles. The Bertz CT molecular complexity index is 1490. The van der Waals surface area contributed by atoms with Crippen LogP contribution in [0.15, 0.2) is 24.3 Å². The minimum atomic E-state index is -2.14. The first kappa shape index (κ1) is 29.8. The molecule has 1 spiro atoms. The van der Waals surface area contributed by atoms with Crippen LogP contribution in [0.4, 0.5) is 10.5 Å². The number of thiocarbonyl (C=S) groups is 1. The number of nitrogens with zero attached hydrogens (tertiary/aromatic N) is 4. The lowest BCUT2D eigenvalue weighted by Gasteiger charge is -2.28. The first-order valence-corrected chi connectivity index (χ1v) is 13.4. The van der Waals surface area contributed by atoms with Crippen LogP contribution in [-0.2, 0) is 29.3 Å². The highest BCUT2D eigenvalue weighted by molar-refractivity contribution is 7.80. The van der Waals surface area contributed by atoms with Crippen molar-refractivity contribution in [3.63, 3.8) is 0 Å². The molecular weight excluding hydrogens is 552 g/mol. The normalized spacial score (nSPS) is 21.8. The summed E-state index contributed by atoms with van der Waals surface area (Å²) in [5.41, 5.74) is -1.95. The summed E-state index contributed by atoms with van der Waals surface area (Å²) in [6, 6.07) is 4.45. The van der Waals surface area contributed by atoms with Gasteiger partial charge in [-0.25, -0.2) is 14.4 Å². The molecule has 12 nitrogen and oxygen atoms in total. The zero-order chi connectivity index (χ0) is 30.6. The third-order valence-electron chi connectivity index (χ3n) is 6.94. The van der Waals surface area contributed by atoms with Crippen molar-refractivity contribution >= 4 is 52.7 Å². The van der Waals surface area contributed by atoms with Crippen LogP contribution in [0.2, 0.25) is 0 Å². The van der Waals surface area contributed by atoms with Gasteiger partial charge in [-0.2, -0.15) is 5.10 Å². The van der Waals surface area contributed by atoms with Gasteiger partial charge in [0.2, 0.25) is 5.91 Å². The number of fused-ring (bicyclic) bond motifs is 2. The summed E-state index contributed by atoms with van der Waals surface area (Å²) in [5, 5.41) is 4.26. The number of carbonyl (C=O) groups is 5. The molecule has 1 saturated heterocycles. The number of hydrogen-bond acceptors (Lipinski definition) is 10. The summed E-state index contributed by atoms with van der Waals surface area (Å²) in [4.78, 5) is 70.6. The molecule has 0 unspecified atom stereocenters. The van der Waals surface area contributed by atoms with E-state index in [1.807, 2.05) is 0 Å². The molecule has 3 atom stereocenters. The van der Waals surface area contributed by atoms with E-state index in [2.05, 4.69) is 5.10 Å². The van der Waals surface area contributed by atoms with Gasteiger partial charge in [-0.3, -0.25) is 24.1 Å². The van der Waals surface area contributed by atoms with E-state index in [-0.39, 0.29) is 22.8 Å². The number of methoxy groups -OCH3 is 1. The highest BCUT2D eigenvalue weighted by atomic mass is 32.1. The summed E-state index contributed by atoms with van der Waals surface area (Å²) in [6.07, 6.45) is -1.04. The molecule has 1 fully saturated rings. The minimum absolute atomic E-state index is 0.0918. The number of imide groups is 1. The summed E-state index contributed by atoms with van der Waals surface area (Å²) >= 11 is 5.84. The number of rotatable bonds is 4. The number of carbonyl (C=O) groups excluding carboxylic acids is 5. The minimum Gasteiger partial charge on any atom is -0.497 e. The summed E-state index contributed by atoms with van der Waals surface area (Å²) in [5.74, 6) is -4.67. The van der Waals surface area contributed by atoms with E-state index in [4.69, 9.17) is 26.4 Å². The number of likely N-dealkylation sites (tertiary alicyclic amines) is 1. The summed E-state index contributed by atoms with van der Waals surface area (Å²) in [6.45, 7) is 10.9. The molecule has 3 amide bonds.